The largest absolute Gasteiger partial charge is 0.435 e. The molecule has 186 valence electrons. The SMILES string of the molecule is O=C(NC1CC1)NC1CC(c2ccc(C3=NOC(c4cc(Cl)c(Cl)c(Cl)c4)(C(F)(F)F)C3)cc2)C1. The summed E-state index contributed by atoms with van der Waals surface area (Å²) in [6.07, 6.45) is -1.61. The molecule has 0 spiro atoms. The van der Waals surface area contributed by atoms with Crippen molar-refractivity contribution in [2.24, 2.45) is 5.16 Å². The van der Waals surface area contributed by atoms with Crippen LogP contribution in [0.5, 0.6) is 0 Å². The zero-order chi connectivity index (χ0) is 25.0. The van der Waals surface area contributed by atoms with Crippen LogP contribution >= 0.6 is 34.8 Å². The molecule has 1 heterocycles. The molecule has 2 aliphatic carbocycles. The molecule has 2 aromatic rings. The second-order valence-electron chi connectivity index (χ2n) is 9.26. The molecule has 0 aromatic heterocycles. The highest BCUT2D eigenvalue weighted by molar-refractivity contribution is 6.48. The maximum Gasteiger partial charge on any atom is 0.435 e. The maximum absolute atomic E-state index is 14.2. The minimum atomic E-state index is -4.78. The Morgan fingerprint density at radius 3 is 2.17 bits per heavy atom. The van der Waals surface area contributed by atoms with Crippen LogP contribution < -0.4 is 10.6 Å². The molecule has 2 saturated carbocycles. The molecule has 1 aliphatic heterocycles. The van der Waals surface area contributed by atoms with Gasteiger partial charge >= 0.3 is 12.2 Å². The fourth-order valence-corrected chi connectivity index (χ4v) is 5.04. The third kappa shape index (κ3) is 4.80. The van der Waals surface area contributed by atoms with Gasteiger partial charge in [-0.25, -0.2) is 4.79 Å². The van der Waals surface area contributed by atoms with Gasteiger partial charge in [0.05, 0.1) is 20.8 Å². The Bertz CT molecular complexity index is 1160. The van der Waals surface area contributed by atoms with Crippen molar-refractivity contribution in [2.45, 2.75) is 61.9 Å². The lowest BCUT2D eigenvalue weighted by atomic mass is 9.75. The van der Waals surface area contributed by atoms with Crippen molar-refractivity contribution in [1.29, 1.82) is 0 Å². The molecule has 5 rings (SSSR count). The summed E-state index contributed by atoms with van der Waals surface area (Å²) in [6.45, 7) is 0. The summed E-state index contributed by atoms with van der Waals surface area (Å²) in [5.74, 6) is 0.282. The Hall–Kier alpha value is -2.16. The Kier molecular flexibility index (Phi) is 6.34. The molecule has 5 nitrogen and oxygen atoms in total. The first kappa shape index (κ1) is 24.5. The highest BCUT2D eigenvalue weighted by Crippen LogP contribution is 2.50. The van der Waals surface area contributed by atoms with Crippen LogP contribution in [0.15, 0.2) is 41.6 Å². The number of urea groups is 1. The first-order valence-electron chi connectivity index (χ1n) is 11.2. The first-order valence-corrected chi connectivity index (χ1v) is 12.3. The Morgan fingerprint density at radius 1 is 1.00 bits per heavy atom. The summed E-state index contributed by atoms with van der Waals surface area (Å²) >= 11 is 17.9. The predicted octanol–water partition coefficient (Wildman–Crippen LogP) is 6.94. The van der Waals surface area contributed by atoms with Gasteiger partial charge in [-0.15, -0.1) is 0 Å². The molecule has 1 atom stereocenters. The minimum absolute atomic E-state index is 0.0267. The second-order valence-corrected chi connectivity index (χ2v) is 10.5. The zero-order valence-corrected chi connectivity index (χ0v) is 20.5. The van der Waals surface area contributed by atoms with Gasteiger partial charge in [0.25, 0.3) is 5.60 Å². The van der Waals surface area contributed by atoms with Crippen molar-refractivity contribution >= 4 is 46.5 Å². The zero-order valence-electron chi connectivity index (χ0n) is 18.3. The molecule has 2 amide bonds. The van der Waals surface area contributed by atoms with Gasteiger partial charge < -0.3 is 15.5 Å². The van der Waals surface area contributed by atoms with E-state index < -0.39 is 18.2 Å². The van der Waals surface area contributed by atoms with Crippen LogP contribution in [-0.2, 0) is 10.4 Å². The van der Waals surface area contributed by atoms with E-state index in [0.29, 0.717) is 11.6 Å². The van der Waals surface area contributed by atoms with Gasteiger partial charge in [0.1, 0.15) is 0 Å². The van der Waals surface area contributed by atoms with E-state index in [4.69, 9.17) is 39.6 Å². The number of oxime groups is 1. The lowest BCUT2D eigenvalue weighted by Crippen LogP contribution is -2.48. The van der Waals surface area contributed by atoms with Crippen LogP contribution in [0.4, 0.5) is 18.0 Å². The molecule has 1 unspecified atom stereocenters. The number of carbonyl (C=O) groups excluding carboxylic acids is 1. The number of rotatable bonds is 5. The van der Waals surface area contributed by atoms with Crippen LogP contribution in [0, 0.1) is 0 Å². The van der Waals surface area contributed by atoms with E-state index in [1.54, 1.807) is 12.1 Å². The van der Waals surface area contributed by atoms with Crippen molar-refractivity contribution in [3.8, 4) is 0 Å². The number of amides is 2. The number of nitrogens with one attached hydrogen (secondary N) is 2. The van der Waals surface area contributed by atoms with Crippen LogP contribution in [-0.4, -0.2) is 30.0 Å². The van der Waals surface area contributed by atoms with Crippen molar-refractivity contribution in [3.05, 3.63) is 68.2 Å². The normalized spacial score (nSPS) is 25.9. The van der Waals surface area contributed by atoms with Crippen molar-refractivity contribution < 1.29 is 22.8 Å². The lowest BCUT2D eigenvalue weighted by molar-refractivity contribution is -0.275. The van der Waals surface area contributed by atoms with E-state index in [0.717, 1.165) is 43.4 Å². The third-order valence-electron chi connectivity index (χ3n) is 6.74. The Balaban J connectivity index is 1.26. The summed E-state index contributed by atoms with van der Waals surface area (Å²) in [5, 5.41) is 9.45. The number of halogens is 6. The van der Waals surface area contributed by atoms with E-state index in [2.05, 4.69) is 15.8 Å². The van der Waals surface area contributed by atoms with E-state index in [1.807, 2.05) is 12.1 Å². The highest BCUT2D eigenvalue weighted by atomic mass is 35.5. The van der Waals surface area contributed by atoms with Gasteiger partial charge in [0.15, 0.2) is 0 Å². The van der Waals surface area contributed by atoms with Crippen LogP contribution in [0.1, 0.15) is 54.7 Å². The number of benzene rings is 2. The smallest absolute Gasteiger partial charge is 0.374 e. The van der Waals surface area contributed by atoms with E-state index in [1.165, 1.54) is 0 Å². The highest BCUT2D eigenvalue weighted by Gasteiger charge is 2.62. The molecular weight excluding hydrogens is 526 g/mol. The fraction of sp³-hybridized carbons (Fsp3) is 0.417. The van der Waals surface area contributed by atoms with Crippen molar-refractivity contribution in [1.82, 2.24) is 10.6 Å². The van der Waals surface area contributed by atoms with Gasteiger partial charge in [-0.1, -0.05) is 64.2 Å². The number of alkyl halides is 3. The molecule has 35 heavy (non-hydrogen) atoms. The summed E-state index contributed by atoms with van der Waals surface area (Å²) in [6, 6.07) is 9.77. The van der Waals surface area contributed by atoms with Gasteiger partial charge in [-0.2, -0.15) is 13.2 Å². The van der Waals surface area contributed by atoms with E-state index >= 15 is 0 Å². The molecule has 0 bridgehead atoms. The molecular formula is C24H21Cl3F3N3O2. The number of carbonyl (C=O) groups is 1. The van der Waals surface area contributed by atoms with Crippen LogP contribution in [0.2, 0.25) is 15.1 Å². The topological polar surface area (TPSA) is 62.7 Å². The van der Waals surface area contributed by atoms with Gasteiger partial charge in [-0.3, -0.25) is 0 Å². The summed E-state index contributed by atoms with van der Waals surface area (Å²) in [5.41, 5.74) is -1.22. The van der Waals surface area contributed by atoms with E-state index in [-0.39, 0.29) is 44.3 Å². The molecule has 0 radical (unpaired) electrons. The molecule has 0 saturated heterocycles. The first-order chi connectivity index (χ1) is 16.6. The van der Waals surface area contributed by atoms with Crippen molar-refractivity contribution in [2.75, 3.05) is 0 Å². The lowest BCUT2D eigenvalue weighted by Gasteiger charge is -2.36. The standard InChI is InChI=1S/C24H21Cl3F3N3O2/c25-18-9-15(10-19(26)21(18)27)23(24(28,29)30)11-20(33-35-23)13-3-1-12(2-4-13)14-7-17(8-14)32-22(34)31-16-5-6-16/h1-4,9-10,14,16-17H,5-8,11H2,(H2,31,32,34). The molecule has 11 heteroatoms. The Labute approximate surface area is 214 Å². The fourth-order valence-electron chi connectivity index (χ4n) is 4.44. The third-order valence-corrected chi connectivity index (χ3v) is 7.93. The minimum Gasteiger partial charge on any atom is -0.374 e. The molecule has 2 N–H and O–H groups in total. The van der Waals surface area contributed by atoms with Crippen molar-refractivity contribution in [3.63, 3.8) is 0 Å². The molecule has 2 aromatic carbocycles. The van der Waals surface area contributed by atoms with Crippen LogP contribution in [0.25, 0.3) is 0 Å². The predicted molar refractivity (Wildman–Crippen MR) is 128 cm³/mol. The average molecular weight is 547 g/mol. The Morgan fingerprint density at radius 2 is 1.60 bits per heavy atom. The van der Waals surface area contributed by atoms with Gasteiger partial charge in [0.2, 0.25) is 0 Å². The average Bonchev–Trinajstić information content (AvgIpc) is 3.46. The number of nitrogens with zero attached hydrogens (tertiary/aromatic N) is 1. The summed E-state index contributed by atoms with van der Waals surface area (Å²) in [4.78, 5) is 16.9. The quantitative estimate of drug-likeness (QED) is 0.399. The molecule has 2 fully saturated rings. The summed E-state index contributed by atoms with van der Waals surface area (Å²) in [7, 11) is 0. The van der Waals surface area contributed by atoms with Crippen LogP contribution in [0.3, 0.4) is 0 Å². The monoisotopic (exact) mass is 545 g/mol. The molecule has 3 aliphatic rings. The maximum atomic E-state index is 14.2. The van der Waals surface area contributed by atoms with Gasteiger partial charge in [0, 0.05) is 24.1 Å². The second kappa shape index (κ2) is 9.05. The van der Waals surface area contributed by atoms with Gasteiger partial charge in [-0.05, 0) is 54.9 Å². The number of hydrogen-bond acceptors (Lipinski definition) is 3. The summed E-state index contributed by atoms with van der Waals surface area (Å²) < 4.78 is 42.7. The van der Waals surface area contributed by atoms with E-state index in [9.17, 15) is 18.0 Å². The number of hydrogen-bond donors (Lipinski definition) is 2.